The molecule has 0 spiro atoms. The standard InChI is InChI=1S/C19H15ClFNO4/c1-9(19(25)26)15-10(2)22(13-7-8-14(23)17(21)16(13)15)18(24)11-3-5-12(20)6-4-11/h3-9,23H,1-2H3,(H,25,26)/t9-/m0/s1. The second-order valence-corrected chi connectivity index (χ2v) is 6.44. The van der Waals surface area contributed by atoms with Crippen LogP contribution in [-0.2, 0) is 4.79 Å². The van der Waals surface area contributed by atoms with Crippen LogP contribution < -0.4 is 0 Å². The maximum Gasteiger partial charge on any atom is 0.310 e. The minimum absolute atomic E-state index is 0.0697. The quantitative estimate of drug-likeness (QED) is 0.714. The molecule has 2 aromatic carbocycles. The SMILES string of the molecule is Cc1c([C@H](C)C(=O)O)c2c(F)c(O)ccc2n1C(=O)c1ccc(Cl)cc1. The number of halogens is 2. The summed E-state index contributed by atoms with van der Waals surface area (Å²) in [7, 11) is 0. The summed E-state index contributed by atoms with van der Waals surface area (Å²) in [6.07, 6.45) is 0. The van der Waals surface area contributed by atoms with Crippen molar-refractivity contribution in [1.29, 1.82) is 0 Å². The van der Waals surface area contributed by atoms with E-state index < -0.39 is 29.4 Å². The van der Waals surface area contributed by atoms with Gasteiger partial charge in [0.15, 0.2) is 11.6 Å². The first-order valence-corrected chi connectivity index (χ1v) is 8.17. The van der Waals surface area contributed by atoms with Gasteiger partial charge in [-0.05, 0) is 55.8 Å². The first-order valence-electron chi connectivity index (χ1n) is 7.79. The number of phenols is 1. The lowest BCUT2D eigenvalue weighted by atomic mass is 9.97. The van der Waals surface area contributed by atoms with Crippen LogP contribution in [0.4, 0.5) is 4.39 Å². The second kappa shape index (κ2) is 6.46. The Bertz CT molecular complexity index is 1040. The van der Waals surface area contributed by atoms with Crippen LogP contribution in [-0.4, -0.2) is 26.7 Å². The van der Waals surface area contributed by atoms with Crippen molar-refractivity contribution in [2.45, 2.75) is 19.8 Å². The maximum absolute atomic E-state index is 14.6. The maximum atomic E-state index is 14.6. The first-order chi connectivity index (χ1) is 12.2. The fourth-order valence-corrected chi connectivity index (χ4v) is 3.24. The molecule has 0 amide bonds. The lowest BCUT2D eigenvalue weighted by molar-refractivity contribution is -0.138. The van der Waals surface area contributed by atoms with Gasteiger partial charge in [0, 0.05) is 21.7 Å². The molecule has 0 bridgehead atoms. The number of aromatic hydroxyl groups is 1. The third-order valence-corrected chi connectivity index (χ3v) is 4.68. The lowest BCUT2D eigenvalue weighted by Crippen LogP contribution is -2.15. The molecule has 1 aromatic heterocycles. The summed E-state index contributed by atoms with van der Waals surface area (Å²) in [5.74, 6) is -4.22. The molecule has 0 radical (unpaired) electrons. The van der Waals surface area contributed by atoms with Crippen molar-refractivity contribution in [3.8, 4) is 5.75 Å². The number of rotatable bonds is 3. The number of carbonyl (C=O) groups is 2. The van der Waals surface area contributed by atoms with Crippen molar-refractivity contribution in [3.05, 3.63) is 64.1 Å². The van der Waals surface area contributed by atoms with E-state index in [1.807, 2.05) is 0 Å². The smallest absolute Gasteiger partial charge is 0.310 e. The van der Waals surface area contributed by atoms with Crippen molar-refractivity contribution >= 4 is 34.4 Å². The fourth-order valence-electron chi connectivity index (χ4n) is 3.12. The third-order valence-electron chi connectivity index (χ3n) is 4.43. The summed E-state index contributed by atoms with van der Waals surface area (Å²) < 4.78 is 15.9. The van der Waals surface area contributed by atoms with Gasteiger partial charge in [-0.25, -0.2) is 4.39 Å². The molecular formula is C19H15ClFNO4. The van der Waals surface area contributed by atoms with Gasteiger partial charge in [-0.3, -0.25) is 14.2 Å². The summed E-state index contributed by atoms with van der Waals surface area (Å²) in [5, 5.41) is 19.5. The second-order valence-electron chi connectivity index (χ2n) is 6.00. The Hall–Kier alpha value is -2.86. The first kappa shape index (κ1) is 17.9. The Morgan fingerprint density at radius 2 is 1.77 bits per heavy atom. The Kier molecular flexibility index (Phi) is 4.46. The molecular weight excluding hydrogens is 361 g/mol. The van der Waals surface area contributed by atoms with E-state index in [1.54, 1.807) is 19.1 Å². The Morgan fingerprint density at radius 3 is 2.35 bits per heavy atom. The lowest BCUT2D eigenvalue weighted by Gasteiger charge is -2.09. The molecule has 7 heteroatoms. The summed E-state index contributed by atoms with van der Waals surface area (Å²) in [4.78, 5) is 24.5. The van der Waals surface area contributed by atoms with Gasteiger partial charge in [0.05, 0.1) is 11.4 Å². The predicted molar refractivity (Wildman–Crippen MR) is 95.5 cm³/mol. The third kappa shape index (κ3) is 2.72. The van der Waals surface area contributed by atoms with E-state index >= 15 is 0 Å². The average molecular weight is 376 g/mol. The number of nitrogens with zero attached hydrogens (tertiary/aromatic N) is 1. The van der Waals surface area contributed by atoms with Crippen LogP contribution in [0.2, 0.25) is 5.02 Å². The molecule has 0 aliphatic carbocycles. The molecule has 0 aliphatic heterocycles. The van der Waals surface area contributed by atoms with Crippen LogP contribution >= 0.6 is 11.6 Å². The molecule has 0 aliphatic rings. The summed E-state index contributed by atoms with van der Waals surface area (Å²) in [6, 6.07) is 8.72. The largest absolute Gasteiger partial charge is 0.505 e. The normalized spacial score (nSPS) is 12.3. The van der Waals surface area contributed by atoms with Crippen LogP contribution in [0.1, 0.15) is 34.5 Å². The number of carboxylic acid groups (broad SMARTS) is 1. The van der Waals surface area contributed by atoms with Crippen LogP contribution in [0.5, 0.6) is 5.75 Å². The Balaban J connectivity index is 2.34. The molecule has 0 fully saturated rings. The van der Waals surface area contributed by atoms with Gasteiger partial charge in [-0.1, -0.05) is 11.6 Å². The molecule has 5 nitrogen and oxygen atoms in total. The van der Waals surface area contributed by atoms with Gasteiger partial charge in [0.1, 0.15) is 0 Å². The highest BCUT2D eigenvalue weighted by Crippen LogP contribution is 2.37. The summed E-state index contributed by atoms with van der Waals surface area (Å²) in [6.45, 7) is 2.96. The van der Waals surface area contributed by atoms with Crippen molar-refractivity contribution in [2.24, 2.45) is 0 Å². The minimum atomic E-state index is -1.16. The number of aliphatic carboxylic acids is 1. The summed E-state index contributed by atoms with van der Waals surface area (Å²) in [5.41, 5.74) is 0.973. The van der Waals surface area contributed by atoms with Gasteiger partial charge >= 0.3 is 5.97 Å². The van der Waals surface area contributed by atoms with Crippen LogP contribution in [0, 0.1) is 12.7 Å². The van der Waals surface area contributed by atoms with Gasteiger partial charge in [-0.15, -0.1) is 0 Å². The molecule has 3 aromatic rings. The molecule has 134 valence electrons. The topological polar surface area (TPSA) is 79.5 Å². The van der Waals surface area contributed by atoms with Gasteiger partial charge in [-0.2, -0.15) is 0 Å². The number of hydrogen-bond donors (Lipinski definition) is 2. The van der Waals surface area contributed by atoms with Gasteiger partial charge in [0.2, 0.25) is 0 Å². The average Bonchev–Trinajstić information content (AvgIpc) is 2.90. The molecule has 0 saturated heterocycles. The molecule has 1 atom stereocenters. The zero-order chi connectivity index (χ0) is 19.2. The minimum Gasteiger partial charge on any atom is -0.505 e. The zero-order valence-corrected chi connectivity index (χ0v) is 14.7. The molecule has 3 rings (SSSR count). The number of fused-ring (bicyclic) bond motifs is 1. The number of aromatic nitrogens is 1. The van der Waals surface area contributed by atoms with E-state index in [0.717, 1.165) is 6.07 Å². The van der Waals surface area contributed by atoms with Crippen LogP contribution in [0.3, 0.4) is 0 Å². The molecule has 0 unspecified atom stereocenters. The van der Waals surface area contributed by atoms with Crippen molar-refractivity contribution in [3.63, 3.8) is 0 Å². The number of carbonyl (C=O) groups excluding carboxylic acids is 1. The monoisotopic (exact) mass is 375 g/mol. The van der Waals surface area contributed by atoms with E-state index in [-0.39, 0.29) is 16.5 Å². The van der Waals surface area contributed by atoms with Crippen molar-refractivity contribution in [2.75, 3.05) is 0 Å². The predicted octanol–water partition coefficient (Wildman–Crippen LogP) is 4.32. The Labute approximate surface area is 153 Å². The Morgan fingerprint density at radius 1 is 1.15 bits per heavy atom. The number of hydrogen-bond acceptors (Lipinski definition) is 3. The fraction of sp³-hybridized carbons (Fsp3) is 0.158. The van der Waals surface area contributed by atoms with Crippen LogP contribution in [0.15, 0.2) is 36.4 Å². The number of benzene rings is 2. The molecule has 1 heterocycles. The van der Waals surface area contributed by atoms with E-state index in [9.17, 15) is 24.2 Å². The molecule has 0 saturated carbocycles. The number of phenolic OH excluding ortho intramolecular Hbond substituents is 1. The highest BCUT2D eigenvalue weighted by molar-refractivity contribution is 6.30. The van der Waals surface area contributed by atoms with Crippen molar-refractivity contribution in [1.82, 2.24) is 4.57 Å². The van der Waals surface area contributed by atoms with E-state index in [1.165, 1.54) is 29.7 Å². The van der Waals surface area contributed by atoms with E-state index in [0.29, 0.717) is 16.3 Å². The van der Waals surface area contributed by atoms with Gasteiger partial charge in [0.25, 0.3) is 5.91 Å². The van der Waals surface area contributed by atoms with Gasteiger partial charge < -0.3 is 10.2 Å². The van der Waals surface area contributed by atoms with Crippen LogP contribution in [0.25, 0.3) is 10.9 Å². The summed E-state index contributed by atoms with van der Waals surface area (Å²) >= 11 is 5.85. The van der Waals surface area contributed by atoms with E-state index in [4.69, 9.17) is 11.6 Å². The zero-order valence-electron chi connectivity index (χ0n) is 14.0. The van der Waals surface area contributed by atoms with Crippen molar-refractivity contribution < 1.29 is 24.2 Å². The highest BCUT2D eigenvalue weighted by Gasteiger charge is 2.29. The molecule has 26 heavy (non-hydrogen) atoms. The highest BCUT2D eigenvalue weighted by atomic mass is 35.5. The molecule has 2 N–H and O–H groups in total. The number of carboxylic acids is 1. The van der Waals surface area contributed by atoms with E-state index in [2.05, 4.69) is 0 Å².